The van der Waals surface area contributed by atoms with E-state index in [0.29, 0.717) is 16.0 Å². The fourth-order valence-corrected chi connectivity index (χ4v) is 4.96. The lowest BCUT2D eigenvalue weighted by Gasteiger charge is -2.24. The number of hydrogen-bond acceptors (Lipinski definition) is 7. The number of anilines is 1. The standard InChI is InChI=1S/C24H22ClFN4O5S/c1-13(31)27-18-12-36(33,34)20-10-17(26)16(21-28-29-23(35-21)24(2,3)4)9-19(20)30(22(18)32)11-14-5-7-15(25)8-6-14/h5-10,12H,11H2,1-4H3,(H,27,31). The first-order valence-electron chi connectivity index (χ1n) is 10.7. The Balaban J connectivity index is 1.93. The molecule has 2 aromatic carbocycles. The third-order valence-corrected chi connectivity index (χ3v) is 6.99. The maximum absolute atomic E-state index is 15.2. The topological polar surface area (TPSA) is 122 Å². The molecule has 188 valence electrons. The van der Waals surface area contributed by atoms with E-state index >= 15 is 4.39 Å². The van der Waals surface area contributed by atoms with Crippen LogP contribution in [0.4, 0.5) is 10.1 Å². The Labute approximate surface area is 211 Å². The van der Waals surface area contributed by atoms with Crippen molar-refractivity contribution in [2.75, 3.05) is 4.90 Å². The fraction of sp³-hybridized carbons (Fsp3) is 0.250. The molecule has 12 heteroatoms. The molecule has 0 fully saturated rings. The van der Waals surface area contributed by atoms with Crippen LogP contribution < -0.4 is 10.2 Å². The minimum atomic E-state index is -4.34. The van der Waals surface area contributed by atoms with Crippen LogP contribution in [0.5, 0.6) is 0 Å². The number of benzene rings is 2. The molecular weight excluding hydrogens is 511 g/mol. The SMILES string of the molecule is CC(=O)NC1=CS(=O)(=O)c2cc(F)c(-c3nnc(C(C)(C)C)o3)cc2N(Cc2ccc(Cl)cc2)C1=O. The van der Waals surface area contributed by atoms with E-state index in [-0.39, 0.29) is 29.6 Å². The second kappa shape index (κ2) is 9.14. The number of halogens is 2. The zero-order valence-electron chi connectivity index (χ0n) is 19.8. The number of sulfone groups is 1. The Morgan fingerprint density at radius 2 is 1.83 bits per heavy atom. The first-order chi connectivity index (χ1) is 16.8. The van der Waals surface area contributed by atoms with E-state index in [1.165, 1.54) is 6.07 Å². The van der Waals surface area contributed by atoms with Crippen molar-refractivity contribution < 1.29 is 26.8 Å². The molecule has 0 saturated heterocycles. The number of hydrogen-bond donors (Lipinski definition) is 1. The van der Waals surface area contributed by atoms with E-state index in [0.717, 1.165) is 17.9 Å². The molecule has 0 aliphatic carbocycles. The van der Waals surface area contributed by atoms with E-state index in [1.54, 1.807) is 24.3 Å². The van der Waals surface area contributed by atoms with Crippen molar-refractivity contribution in [1.82, 2.24) is 15.5 Å². The van der Waals surface area contributed by atoms with E-state index in [1.807, 2.05) is 20.8 Å². The fourth-order valence-electron chi connectivity index (χ4n) is 3.51. The van der Waals surface area contributed by atoms with Crippen molar-refractivity contribution in [2.45, 2.75) is 44.6 Å². The minimum absolute atomic E-state index is 0.0996. The third-order valence-electron chi connectivity index (χ3n) is 5.26. The maximum Gasteiger partial charge on any atom is 0.275 e. The number of carbonyl (C=O) groups excluding carboxylic acids is 2. The van der Waals surface area contributed by atoms with Gasteiger partial charge in [0.25, 0.3) is 11.8 Å². The summed E-state index contributed by atoms with van der Waals surface area (Å²) in [6.45, 7) is 6.56. The molecule has 0 atom stereocenters. The molecule has 0 unspecified atom stereocenters. The van der Waals surface area contributed by atoms with Crippen LogP contribution in [-0.4, -0.2) is 30.4 Å². The molecule has 1 N–H and O–H groups in total. The summed E-state index contributed by atoms with van der Waals surface area (Å²) in [7, 11) is -4.34. The minimum Gasteiger partial charge on any atom is -0.420 e. The lowest BCUT2D eigenvalue weighted by Crippen LogP contribution is -2.37. The summed E-state index contributed by atoms with van der Waals surface area (Å²) in [6.07, 6.45) is 0. The molecule has 2 amide bonds. The molecule has 1 aliphatic heterocycles. The highest BCUT2D eigenvalue weighted by Crippen LogP contribution is 2.38. The molecular formula is C24H22ClFN4O5S. The predicted octanol–water partition coefficient (Wildman–Crippen LogP) is 4.12. The molecule has 2 heterocycles. The van der Waals surface area contributed by atoms with Gasteiger partial charge in [-0.25, -0.2) is 12.8 Å². The second-order valence-corrected chi connectivity index (χ2v) is 11.4. The van der Waals surface area contributed by atoms with Gasteiger partial charge in [0.1, 0.15) is 11.5 Å². The van der Waals surface area contributed by atoms with Gasteiger partial charge in [-0.2, -0.15) is 0 Å². The lowest BCUT2D eigenvalue weighted by molar-refractivity contribution is -0.121. The van der Waals surface area contributed by atoms with Crippen LogP contribution in [0, 0.1) is 5.82 Å². The summed E-state index contributed by atoms with van der Waals surface area (Å²) in [5, 5.41) is 11.2. The summed E-state index contributed by atoms with van der Waals surface area (Å²) in [5.74, 6) is -2.30. The van der Waals surface area contributed by atoms with Crippen LogP contribution in [0.3, 0.4) is 0 Å². The van der Waals surface area contributed by atoms with Crippen molar-refractivity contribution in [3.63, 3.8) is 0 Å². The number of fused-ring (bicyclic) bond motifs is 1. The van der Waals surface area contributed by atoms with Gasteiger partial charge in [0.15, 0.2) is 0 Å². The van der Waals surface area contributed by atoms with Gasteiger partial charge in [-0.05, 0) is 29.8 Å². The monoisotopic (exact) mass is 532 g/mol. The number of nitrogens with one attached hydrogen (secondary N) is 1. The van der Waals surface area contributed by atoms with Gasteiger partial charge >= 0.3 is 0 Å². The van der Waals surface area contributed by atoms with Gasteiger partial charge < -0.3 is 14.6 Å². The van der Waals surface area contributed by atoms with Gasteiger partial charge in [-0.1, -0.05) is 44.5 Å². The highest BCUT2D eigenvalue weighted by molar-refractivity contribution is 7.94. The molecule has 1 aromatic heterocycles. The molecule has 4 rings (SSSR count). The van der Waals surface area contributed by atoms with Crippen molar-refractivity contribution in [1.29, 1.82) is 0 Å². The highest BCUT2D eigenvalue weighted by Gasteiger charge is 2.35. The lowest BCUT2D eigenvalue weighted by atomic mass is 9.97. The molecule has 0 bridgehead atoms. The van der Waals surface area contributed by atoms with Gasteiger partial charge in [0, 0.05) is 17.4 Å². The van der Waals surface area contributed by atoms with Crippen LogP contribution in [-0.2, 0) is 31.4 Å². The Morgan fingerprint density at radius 3 is 2.42 bits per heavy atom. The molecule has 0 radical (unpaired) electrons. The number of aromatic nitrogens is 2. The van der Waals surface area contributed by atoms with E-state index in [9.17, 15) is 18.0 Å². The summed E-state index contributed by atoms with van der Waals surface area (Å²) in [5.41, 5.74) is -0.659. The van der Waals surface area contributed by atoms with Crippen molar-refractivity contribution in [2.24, 2.45) is 0 Å². The van der Waals surface area contributed by atoms with Crippen molar-refractivity contribution in [3.8, 4) is 11.5 Å². The van der Waals surface area contributed by atoms with Crippen LogP contribution >= 0.6 is 11.6 Å². The first-order valence-corrected chi connectivity index (χ1v) is 12.7. The summed E-state index contributed by atoms with van der Waals surface area (Å²) < 4.78 is 47.2. The molecule has 9 nitrogen and oxygen atoms in total. The van der Waals surface area contributed by atoms with Crippen LogP contribution in [0.2, 0.25) is 5.02 Å². The van der Waals surface area contributed by atoms with Gasteiger partial charge in [-0.3, -0.25) is 9.59 Å². The zero-order chi connectivity index (χ0) is 26.4. The third kappa shape index (κ3) is 5.02. The average molecular weight is 533 g/mol. The first kappa shape index (κ1) is 25.5. The van der Waals surface area contributed by atoms with E-state index in [2.05, 4.69) is 15.5 Å². The van der Waals surface area contributed by atoms with Gasteiger partial charge in [0.05, 0.1) is 28.1 Å². The Morgan fingerprint density at radius 1 is 1.17 bits per heavy atom. The number of nitrogens with zero attached hydrogens (tertiary/aromatic N) is 3. The summed E-state index contributed by atoms with van der Waals surface area (Å²) in [6, 6.07) is 8.54. The number of carbonyl (C=O) groups is 2. The molecule has 0 saturated carbocycles. The van der Waals surface area contributed by atoms with Crippen molar-refractivity contribution >= 4 is 38.9 Å². The average Bonchev–Trinajstić information content (AvgIpc) is 3.26. The predicted molar refractivity (Wildman–Crippen MR) is 130 cm³/mol. The van der Waals surface area contributed by atoms with Gasteiger partial charge in [-0.15, -0.1) is 10.2 Å². The number of amides is 2. The summed E-state index contributed by atoms with van der Waals surface area (Å²) >= 11 is 5.97. The largest absolute Gasteiger partial charge is 0.420 e. The molecule has 3 aromatic rings. The molecule has 1 aliphatic rings. The summed E-state index contributed by atoms with van der Waals surface area (Å²) in [4.78, 5) is 25.9. The normalized spacial score (nSPS) is 15.2. The maximum atomic E-state index is 15.2. The molecule has 36 heavy (non-hydrogen) atoms. The second-order valence-electron chi connectivity index (χ2n) is 9.24. The van der Waals surface area contributed by atoms with Crippen LogP contribution in [0.15, 0.2) is 56.8 Å². The highest BCUT2D eigenvalue weighted by atomic mass is 35.5. The Hall–Kier alpha value is -3.57. The quantitative estimate of drug-likeness (QED) is 0.536. The smallest absolute Gasteiger partial charge is 0.275 e. The van der Waals surface area contributed by atoms with E-state index in [4.69, 9.17) is 16.0 Å². The number of rotatable bonds is 4. The molecule has 0 spiro atoms. The van der Waals surface area contributed by atoms with Crippen LogP contribution in [0.1, 0.15) is 39.1 Å². The van der Waals surface area contributed by atoms with Gasteiger partial charge in [0.2, 0.25) is 21.6 Å². The zero-order valence-corrected chi connectivity index (χ0v) is 21.4. The Bertz CT molecular complexity index is 1510. The van der Waals surface area contributed by atoms with Crippen LogP contribution in [0.25, 0.3) is 11.5 Å². The van der Waals surface area contributed by atoms with Crippen molar-refractivity contribution in [3.05, 3.63) is 69.8 Å². The van der Waals surface area contributed by atoms with E-state index < -0.39 is 43.5 Å². The Kier molecular flexibility index (Phi) is 6.48.